The van der Waals surface area contributed by atoms with Crippen molar-refractivity contribution in [3.05, 3.63) is 34.4 Å². The predicted molar refractivity (Wildman–Crippen MR) is 71.0 cm³/mol. The van der Waals surface area contributed by atoms with E-state index in [1.165, 1.54) is 22.3 Å². The van der Waals surface area contributed by atoms with Crippen LogP contribution in [0.15, 0.2) is 12.1 Å². The van der Waals surface area contributed by atoms with Crippen molar-refractivity contribution in [1.82, 2.24) is 5.32 Å². The molecule has 0 aliphatic carbocycles. The van der Waals surface area contributed by atoms with Crippen molar-refractivity contribution >= 4 is 5.91 Å². The summed E-state index contributed by atoms with van der Waals surface area (Å²) in [5.74, 6) is -0.120. The molecule has 3 nitrogen and oxygen atoms in total. The van der Waals surface area contributed by atoms with E-state index in [2.05, 4.69) is 38.2 Å². The van der Waals surface area contributed by atoms with Crippen LogP contribution in [-0.2, 0) is 11.2 Å². The summed E-state index contributed by atoms with van der Waals surface area (Å²) < 4.78 is 0. The molecule has 1 aromatic rings. The van der Waals surface area contributed by atoms with Crippen LogP contribution in [-0.4, -0.2) is 19.5 Å². The second kappa shape index (κ2) is 5.82. The molecule has 3 heteroatoms. The van der Waals surface area contributed by atoms with E-state index >= 15 is 0 Å². The Kier molecular flexibility index (Phi) is 4.70. The van der Waals surface area contributed by atoms with Gasteiger partial charge in [-0.25, -0.2) is 0 Å². The summed E-state index contributed by atoms with van der Waals surface area (Å²) in [5.41, 5.74) is 10.7. The van der Waals surface area contributed by atoms with Crippen LogP contribution in [0.3, 0.4) is 0 Å². The fourth-order valence-corrected chi connectivity index (χ4v) is 1.99. The smallest absolute Gasteiger partial charge is 0.224 e. The van der Waals surface area contributed by atoms with Gasteiger partial charge in [0.05, 0.1) is 5.92 Å². The summed E-state index contributed by atoms with van der Waals surface area (Å²) in [4.78, 5) is 11.6. The lowest BCUT2D eigenvalue weighted by Crippen LogP contribution is -2.34. The number of aryl methyl sites for hydroxylation is 3. The zero-order valence-corrected chi connectivity index (χ0v) is 11.1. The summed E-state index contributed by atoms with van der Waals surface area (Å²) in [7, 11) is 1.65. The number of nitrogens with two attached hydrogens (primary N) is 1. The number of rotatable bonds is 4. The van der Waals surface area contributed by atoms with Crippen molar-refractivity contribution in [2.75, 3.05) is 13.6 Å². The quantitative estimate of drug-likeness (QED) is 0.829. The van der Waals surface area contributed by atoms with Gasteiger partial charge in [0.25, 0.3) is 0 Å². The topological polar surface area (TPSA) is 55.1 Å². The summed E-state index contributed by atoms with van der Waals surface area (Å²) in [6.45, 7) is 6.66. The van der Waals surface area contributed by atoms with E-state index in [-0.39, 0.29) is 11.8 Å². The lowest BCUT2D eigenvalue weighted by molar-refractivity contribution is -0.124. The first-order chi connectivity index (χ1) is 7.99. The third-order valence-corrected chi connectivity index (χ3v) is 3.32. The highest BCUT2D eigenvalue weighted by atomic mass is 16.1. The second-order valence-electron chi connectivity index (χ2n) is 4.61. The first-order valence-corrected chi connectivity index (χ1v) is 5.98. The molecule has 1 amide bonds. The van der Waals surface area contributed by atoms with Gasteiger partial charge >= 0.3 is 0 Å². The Morgan fingerprint density at radius 2 is 1.82 bits per heavy atom. The molecule has 1 atom stereocenters. The maximum Gasteiger partial charge on any atom is 0.224 e. The SMILES string of the molecule is CNC(=O)C(CN)Cc1cc(C)c(C)cc1C. The van der Waals surface area contributed by atoms with Crippen molar-refractivity contribution in [3.63, 3.8) is 0 Å². The molecule has 0 saturated carbocycles. The number of carbonyl (C=O) groups excluding carboxylic acids is 1. The summed E-state index contributed by atoms with van der Waals surface area (Å²) >= 11 is 0. The van der Waals surface area contributed by atoms with E-state index in [9.17, 15) is 4.79 Å². The maximum absolute atomic E-state index is 11.6. The molecule has 1 aromatic carbocycles. The van der Waals surface area contributed by atoms with E-state index in [0.29, 0.717) is 13.0 Å². The van der Waals surface area contributed by atoms with E-state index in [1.54, 1.807) is 7.05 Å². The van der Waals surface area contributed by atoms with Crippen molar-refractivity contribution in [2.45, 2.75) is 27.2 Å². The molecule has 0 saturated heterocycles. The maximum atomic E-state index is 11.6. The van der Waals surface area contributed by atoms with Crippen LogP contribution >= 0.6 is 0 Å². The minimum absolute atomic E-state index is 0.0186. The van der Waals surface area contributed by atoms with Crippen molar-refractivity contribution in [3.8, 4) is 0 Å². The van der Waals surface area contributed by atoms with Gasteiger partial charge in [-0.3, -0.25) is 4.79 Å². The highest BCUT2D eigenvalue weighted by molar-refractivity contribution is 5.78. The highest BCUT2D eigenvalue weighted by Crippen LogP contribution is 2.18. The molecule has 0 aromatic heterocycles. The Hall–Kier alpha value is -1.35. The van der Waals surface area contributed by atoms with Gasteiger partial charge in [-0.2, -0.15) is 0 Å². The first kappa shape index (κ1) is 13.7. The van der Waals surface area contributed by atoms with Gasteiger partial charge in [0.1, 0.15) is 0 Å². The standard InChI is InChI=1S/C14H22N2O/c1-9-5-11(3)12(6-10(9)2)7-13(8-15)14(17)16-4/h5-6,13H,7-8,15H2,1-4H3,(H,16,17). The first-order valence-electron chi connectivity index (χ1n) is 5.98. The molecule has 0 aliphatic rings. The van der Waals surface area contributed by atoms with Gasteiger partial charge in [0.2, 0.25) is 5.91 Å². The van der Waals surface area contributed by atoms with Crippen LogP contribution in [0.4, 0.5) is 0 Å². The number of hydrogen-bond donors (Lipinski definition) is 2. The molecule has 3 N–H and O–H groups in total. The normalized spacial score (nSPS) is 12.3. The predicted octanol–water partition coefficient (Wildman–Crippen LogP) is 1.48. The molecule has 1 unspecified atom stereocenters. The Balaban J connectivity index is 2.94. The van der Waals surface area contributed by atoms with Gasteiger partial charge in [-0.15, -0.1) is 0 Å². The number of nitrogens with one attached hydrogen (secondary N) is 1. The van der Waals surface area contributed by atoms with Gasteiger partial charge in [0, 0.05) is 13.6 Å². The van der Waals surface area contributed by atoms with Gasteiger partial charge in [-0.05, 0) is 49.4 Å². The molecule has 0 spiro atoms. The number of benzene rings is 1. The minimum atomic E-state index is -0.138. The molecular formula is C14H22N2O. The van der Waals surface area contributed by atoms with Crippen molar-refractivity contribution in [2.24, 2.45) is 11.7 Å². The lowest BCUT2D eigenvalue weighted by atomic mass is 9.92. The highest BCUT2D eigenvalue weighted by Gasteiger charge is 2.17. The Morgan fingerprint density at radius 1 is 1.24 bits per heavy atom. The largest absolute Gasteiger partial charge is 0.359 e. The Labute approximate surface area is 103 Å². The van der Waals surface area contributed by atoms with Crippen molar-refractivity contribution in [1.29, 1.82) is 0 Å². The molecule has 0 fully saturated rings. The van der Waals surface area contributed by atoms with E-state index in [1.807, 2.05) is 0 Å². The number of hydrogen-bond acceptors (Lipinski definition) is 2. The van der Waals surface area contributed by atoms with Crippen LogP contribution in [0.5, 0.6) is 0 Å². The van der Waals surface area contributed by atoms with Crippen LogP contribution in [0.2, 0.25) is 0 Å². The van der Waals surface area contributed by atoms with Crippen LogP contribution in [0.1, 0.15) is 22.3 Å². The van der Waals surface area contributed by atoms with E-state index < -0.39 is 0 Å². The zero-order chi connectivity index (χ0) is 13.0. The molecule has 94 valence electrons. The summed E-state index contributed by atoms with van der Waals surface area (Å²) in [6, 6.07) is 4.33. The number of carbonyl (C=O) groups is 1. The average molecular weight is 234 g/mol. The van der Waals surface area contributed by atoms with Gasteiger partial charge < -0.3 is 11.1 Å². The molecule has 0 radical (unpaired) electrons. The average Bonchev–Trinajstić information content (AvgIpc) is 2.31. The molecule has 0 bridgehead atoms. The van der Waals surface area contributed by atoms with Crippen LogP contribution in [0.25, 0.3) is 0 Å². The number of amides is 1. The fraction of sp³-hybridized carbons (Fsp3) is 0.500. The fourth-order valence-electron chi connectivity index (χ4n) is 1.99. The Morgan fingerprint density at radius 3 is 2.35 bits per heavy atom. The van der Waals surface area contributed by atoms with E-state index in [0.717, 1.165) is 0 Å². The van der Waals surface area contributed by atoms with Gasteiger partial charge in [-0.1, -0.05) is 12.1 Å². The zero-order valence-electron chi connectivity index (χ0n) is 11.1. The molecular weight excluding hydrogens is 212 g/mol. The summed E-state index contributed by atoms with van der Waals surface area (Å²) in [6.07, 6.45) is 0.711. The second-order valence-corrected chi connectivity index (χ2v) is 4.61. The van der Waals surface area contributed by atoms with E-state index in [4.69, 9.17) is 5.73 Å². The van der Waals surface area contributed by atoms with Gasteiger partial charge in [0.15, 0.2) is 0 Å². The van der Waals surface area contributed by atoms with Crippen molar-refractivity contribution < 1.29 is 4.79 Å². The molecule has 17 heavy (non-hydrogen) atoms. The lowest BCUT2D eigenvalue weighted by Gasteiger charge is -2.16. The summed E-state index contributed by atoms with van der Waals surface area (Å²) in [5, 5.41) is 2.66. The molecule has 0 heterocycles. The molecule has 1 rings (SSSR count). The molecule has 0 aliphatic heterocycles. The third kappa shape index (κ3) is 3.30. The third-order valence-electron chi connectivity index (χ3n) is 3.32. The van der Waals surface area contributed by atoms with Crippen LogP contribution < -0.4 is 11.1 Å². The van der Waals surface area contributed by atoms with Crippen LogP contribution in [0, 0.1) is 26.7 Å². The minimum Gasteiger partial charge on any atom is -0.359 e. The Bertz CT molecular complexity index is 413. The monoisotopic (exact) mass is 234 g/mol.